The second-order valence-corrected chi connectivity index (χ2v) is 4.95. The molecule has 1 atom stereocenters. The van der Waals surface area contributed by atoms with Gasteiger partial charge in [-0.05, 0) is 37.6 Å². The quantitative estimate of drug-likeness (QED) is 0.742. The van der Waals surface area contributed by atoms with Gasteiger partial charge in [0.2, 0.25) is 0 Å². The Morgan fingerprint density at radius 3 is 3.06 bits per heavy atom. The van der Waals surface area contributed by atoms with Gasteiger partial charge < -0.3 is 9.88 Å². The Balaban J connectivity index is 2.38. The van der Waals surface area contributed by atoms with E-state index >= 15 is 0 Å². The summed E-state index contributed by atoms with van der Waals surface area (Å²) in [6.07, 6.45) is 1.11. The zero-order valence-corrected chi connectivity index (χ0v) is 10.3. The molecule has 0 saturated heterocycles. The first-order chi connectivity index (χ1) is 7.68. The highest BCUT2D eigenvalue weighted by molar-refractivity contribution is 6.31. The fourth-order valence-corrected chi connectivity index (χ4v) is 3.00. The first-order valence-electron chi connectivity index (χ1n) is 5.68. The van der Waals surface area contributed by atoms with Gasteiger partial charge in [0.15, 0.2) is 0 Å². The molecule has 2 nitrogen and oxygen atoms in total. The van der Waals surface area contributed by atoms with Gasteiger partial charge in [-0.3, -0.25) is 0 Å². The summed E-state index contributed by atoms with van der Waals surface area (Å²) in [7, 11) is 2.13. The number of hydrogen-bond acceptors (Lipinski definition) is 1. The molecule has 1 N–H and O–H groups in total. The number of aromatic nitrogens is 1. The monoisotopic (exact) mass is 234 g/mol. The molecule has 0 fully saturated rings. The SMILES string of the molecule is CC1NCCc2c1n(C)c1cc(Cl)ccc21. The lowest BCUT2D eigenvalue weighted by molar-refractivity contribution is 0.515. The van der Waals surface area contributed by atoms with Crippen LogP contribution in [0.1, 0.15) is 24.2 Å². The fraction of sp³-hybridized carbons (Fsp3) is 0.385. The van der Waals surface area contributed by atoms with E-state index < -0.39 is 0 Å². The molecular weight excluding hydrogens is 220 g/mol. The van der Waals surface area contributed by atoms with Crippen LogP contribution < -0.4 is 5.32 Å². The number of nitrogens with zero attached hydrogens (tertiary/aromatic N) is 1. The van der Waals surface area contributed by atoms with Gasteiger partial charge >= 0.3 is 0 Å². The molecule has 0 bridgehead atoms. The van der Waals surface area contributed by atoms with Crippen LogP contribution in [0, 0.1) is 0 Å². The van der Waals surface area contributed by atoms with Crippen molar-refractivity contribution in [3.63, 3.8) is 0 Å². The molecule has 84 valence electrons. The number of benzene rings is 1. The third kappa shape index (κ3) is 1.30. The highest BCUT2D eigenvalue weighted by Crippen LogP contribution is 2.33. The molecular formula is C13H15ClN2. The van der Waals surface area contributed by atoms with Crippen LogP contribution in [0.2, 0.25) is 5.02 Å². The maximum Gasteiger partial charge on any atom is 0.0498 e. The third-order valence-electron chi connectivity index (χ3n) is 3.55. The van der Waals surface area contributed by atoms with Crippen molar-refractivity contribution in [2.45, 2.75) is 19.4 Å². The van der Waals surface area contributed by atoms with Crippen LogP contribution in [0.15, 0.2) is 18.2 Å². The minimum atomic E-state index is 0.430. The summed E-state index contributed by atoms with van der Waals surface area (Å²) in [4.78, 5) is 0. The molecule has 2 heterocycles. The number of rotatable bonds is 0. The first-order valence-corrected chi connectivity index (χ1v) is 6.06. The summed E-state index contributed by atoms with van der Waals surface area (Å²) >= 11 is 6.06. The lowest BCUT2D eigenvalue weighted by Gasteiger charge is -2.22. The Morgan fingerprint density at radius 1 is 1.44 bits per heavy atom. The Labute approximate surface area is 100 Å². The minimum Gasteiger partial charge on any atom is -0.346 e. The van der Waals surface area contributed by atoms with E-state index in [9.17, 15) is 0 Å². The van der Waals surface area contributed by atoms with Crippen LogP contribution >= 0.6 is 11.6 Å². The van der Waals surface area contributed by atoms with E-state index in [0.717, 1.165) is 18.0 Å². The van der Waals surface area contributed by atoms with Gasteiger partial charge in [0.25, 0.3) is 0 Å². The number of nitrogens with one attached hydrogen (secondary N) is 1. The second-order valence-electron chi connectivity index (χ2n) is 4.51. The predicted octanol–water partition coefficient (Wildman–Crippen LogP) is 3.04. The van der Waals surface area contributed by atoms with E-state index in [1.807, 2.05) is 6.07 Å². The smallest absolute Gasteiger partial charge is 0.0498 e. The van der Waals surface area contributed by atoms with Crippen molar-refractivity contribution in [3.8, 4) is 0 Å². The number of fused-ring (bicyclic) bond motifs is 3. The normalized spacial score (nSPS) is 20.1. The third-order valence-corrected chi connectivity index (χ3v) is 3.79. The number of aryl methyl sites for hydroxylation is 1. The van der Waals surface area contributed by atoms with Crippen molar-refractivity contribution in [2.24, 2.45) is 7.05 Å². The summed E-state index contributed by atoms with van der Waals surface area (Å²) in [5, 5.41) is 5.67. The molecule has 1 aromatic heterocycles. The Kier molecular flexibility index (Phi) is 2.23. The highest BCUT2D eigenvalue weighted by Gasteiger charge is 2.22. The Bertz CT molecular complexity index is 557. The first kappa shape index (κ1) is 10.2. The summed E-state index contributed by atoms with van der Waals surface area (Å²) in [5.41, 5.74) is 4.14. The second kappa shape index (κ2) is 3.51. The highest BCUT2D eigenvalue weighted by atomic mass is 35.5. The Morgan fingerprint density at radius 2 is 2.25 bits per heavy atom. The van der Waals surface area contributed by atoms with Gasteiger partial charge in [-0.25, -0.2) is 0 Å². The van der Waals surface area contributed by atoms with Gasteiger partial charge in [-0.1, -0.05) is 17.7 Å². The van der Waals surface area contributed by atoms with Crippen molar-refractivity contribution in [1.82, 2.24) is 9.88 Å². The molecule has 1 unspecified atom stereocenters. The molecule has 3 rings (SSSR count). The lowest BCUT2D eigenvalue weighted by Crippen LogP contribution is -2.28. The van der Waals surface area contributed by atoms with Crippen molar-refractivity contribution in [3.05, 3.63) is 34.5 Å². The van der Waals surface area contributed by atoms with Crippen LogP contribution in [-0.4, -0.2) is 11.1 Å². The fourth-order valence-electron chi connectivity index (χ4n) is 2.83. The molecule has 0 saturated carbocycles. The average molecular weight is 235 g/mol. The molecule has 1 aliphatic heterocycles. The summed E-state index contributed by atoms with van der Waals surface area (Å²) in [6, 6.07) is 6.62. The van der Waals surface area contributed by atoms with Gasteiger partial charge in [0.1, 0.15) is 0 Å². The van der Waals surface area contributed by atoms with Gasteiger partial charge in [-0.2, -0.15) is 0 Å². The van der Waals surface area contributed by atoms with E-state index in [-0.39, 0.29) is 0 Å². The molecule has 2 aromatic rings. The van der Waals surface area contributed by atoms with E-state index in [1.54, 1.807) is 0 Å². The Hall–Kier alpha value is -0.990. The van der Waals surface area contributed by atoms with Crippen molar-refractivity contribution < 1.29 is 0 Å². The number of halogens is 1. The molecule has 0 amide bonds. The molecule has 0 spiro atoms. The topological polar surface area (TPSA) is 17.0 Å². The zero-order valence-electron chi connectivity index (χ0n) is 9.55. The molecule has 0 radical (unpaired) electrons. The van der Waals surface area contributed by atoms with Crippen molar-refractivity contribution in [2.75, 3.05) is 6.54 Å². The van der Waals surface area contributed by atoms with E-state index in [0.29, 0.717) is 6.04 Å². The number of hydrogen-bond donors (Lipinski definition) is 1. The van der Waals surface area contributed by atoms with Crippen molar-refractivity contribution >= 4 is 22.5 Å². The van der Waals surface area contributed by atoms with Gasteiger partial charge in [-0.15, -0.1) is 0 Å². The summed E-state index contributed by atoms with van der Waals surface area (Å²) in [6.45, 7) is 3.29. The summed E-state index contributed by atoms with van der Waals surface area (Å²) in [5.74, 6) is 0. The molecule has 0 aliphatic carbocycles. The maximum atomic E-state index is 6.06. The van der Waals surface area contributed by atoms with Crippen LogP contribution in [-0.2, 0) is 13.5 Å². The van der Waals surface area contributed by atoms with E-state index in [4.69, 9.17) is 11.6 Å². The molecule has 1 aliphatic rings. The molecule has 1 aromatic carbocycles. The summed E-state index contributed by atoms with van der Waals surface area (Å²) < 4.78 is 2.27. The van der Waals surface area contributed by atoms with Crippen LogP contribution in [0.4, 0.5) is 0 Å². The van der Waals surface area contributed by atoms with Gasteiger partial charge in [0.05, 0.1) is 0 Å². The zero-order chi connectivity index (χ0) is 11.3. The lowest BCUT2D eigenvalue weighted by atomic mass is 10.0. The molecule has 3 heteroatoms. The minimum absolute atomic E-state index is 0.430. The van der Waals surface area contributed by atoms with E-state index in [1.165, 1.54) is 22.2 Å². The van der Waals surface area contributed by atoms with Crippen molar-refractivity contribution in [1.29, 1.82) is 0 Å². The molecule has 16 heavy (non-hydrogen) atoms. The van der Waals surface area contributed by atoms with Crippen LogP contribution in [0.25, 0.3) is 10.9 Å². The van der Waals surface area contributed by atoms with E-state index in [2.05, 4.69) is 36.0 Å². The van der Waals surface area contributed by atoms with Crippen LogP contribution in [0.3, 0.4) is 0 Å². The predicted molar refractivity (Wildman–Crippen MR) is 68.1 cm³/mol. The largest absolute Gasteiger partial charge is 0.346 e. The maximum absolute atomic E-state index is 6.06. The standard InChI is InChI=1S/C13H15ClN2/c1-8-13-11(5-6-15-8)10-4-3-9(14)7-12(10)16(13)2/h3-4,7-8,15H,5-6H2,1-2H3. The van der Waals surface area contributed by atoms with Gasteiger partial charge in [0, 0.05) is 34.7 Å². The van der Waals surface area contributed by atoms with Crippen LogP contribution in [0.5, 0.6) is 0 Å². The average Bonchev–Trinajstić information content (AvgIpc) is 2.54.